The molecular weight excluding hydrogens is 266 g/mol. The number of hydrogen-bond acceptors (Lipinski definition) is 2. The van der Waals surface area contributed by atoms with Crippen molar-refractivity contribution in [2.75, 3.05) is 0 Å². The zero-order chi connectivity index (χ0) is 14.1. The van der Waals surface area contributed by atoms with Gasteiger partial charge in [-0.15, -0.1) is 0 Å². The van der Waals surface area contributed by atoms with Crippen molar-refractivity contribution in [3.05, 3.63) is 35.1 Å². The van der Waals surface area contributed by atoms with Gasteiger partial charge < -0.3 is 0 Å². The lowest BCUT2D eigenvalue weighted by Gasteiger charge is -2.34. The van der Waals surface area contributed by atoms with Crippen LogP contribution in [0.25, 0.3) is 11.4 Å². The quantitative estimate of drug-likeness (QED) is 0.819. The molecule has 1 aliphatic rings. The molecule has 0 amide bonds. The zero-order valence-electron chi connectivity index (χ0n) is 12.0. The van der Waals surface area contributed by atoms with Gasteiger partial charge in [0, 0.05) is 11.6 Å². The molecule has 1 N–H and O–H groups in total. The van der Waals surface area contributed by atoms with Gasteiger partial charge in [-0.2, -0.15) is 5.10 Å². The van der Waals surface area contributed by atoms with E-state index < -0.39 is 0 Å². The average molecular weight is 287 g/mol. The van der Waals surface area contributed by atoms with E-state index in [2.05, 4.69) is 40.7 Å². The Labute approximate surface area is 125 Å². The SMILES string of the molecule is CC1CCC(n2c(-c3ccccc3)n[nH]c2=S)C(C)C1. The molecular formula is C16H21N3S. The first-order chi connectivity index (χ1) is 9.66. The van der Waals surface area contributed by atoms with Crippen molar-refractivity contribution in [2.24, 2.45) is 11.8 Å². The molecule has 2 aromatic rings. The summed E-state index contributed by atoms with van der Waals surface area (Å²) in [6.45, 7) is 4.68. The van der Waals surface area contributed by atoms with Crippen LogP contribution in [0.4, 0.5) is 0 Å². The van der Waals surface area contributed by atoms with Crippen molar-refractivity contribution < 1.29 is 0 Å². The number of rotatable bonds is 2. The van der Waals surface area contributed by atoms with Gasteiger partial charge in [-0.1, -0.05) is 44.2 Å². The maximum absolute atomic E-state index is 5.48. The van der Waals surface area contributed by atoms with E-state index in [1.54, 1.807) is 0 Å². The fourth-order valence-electron chi connectivity index (χ4n) is 3.44. The summed E-state index contributed by atoms with van der Waals surface area (Å²) >= 11 is 5.48. The molecule has 0 bridgehead atoms. The summed E-state index contributed by atoms with van der Waals surface area (Å²) in [6.07, 6.45) is 3.73. The lowest BCUT2D eigenvalue weighted by atomic mass is 9.79. The zero-order valence-corrected chi connectivity index (χ0v) is 12.9. The van der Waals surface area contributed by atoms with Gasteiger partial charge in [0.1, 0.15) is 0 Å². The van der Waals surface area contributed by atoms with E-state index in [-0.39, 0.29) is 0 Å². The molecule has 3 unspecified atom stereocenters. The summed E-state index contributed by atoms with van der Waals surface area (Å²) in [4.78, 5) is 0. The number of benzene rings is 1. The maximum atomic E-state index is 5.48. The summed E-state index contributed by atoms with van der Waals surface area (Å²) in [7, 11) is 0. The van der Waals surface area contributed by atoms with Gasteiger partial charge in [-0.3, -0.25) is 9.67 Å². The predicted molar refractivity (Wildman–Crippen MR) is 84.1 cm³/mol. The molecule has 1 aromatic heterocycles. The van der Waals surface area contributed by atoms with Gasteiger partial charge >= 0.3 is 0 Å². The average Bonchev–Trinajstić information content (AvgIpc) is 2.82. The van der Waals surface area contributed by atoms with Gasteiger partial charge in [-0.25, -0.2) is 0 Å². The smallest absolute Gasteiger partial charge is 0.195 e. The summed E-state index contributed by atoms with van der Waals surface area (Å²) in [5.41, 5.74) is 1.13. The molecule has 106 valence electrons. The van der Waals surface area contributed by atoms with E-state index >= 15 is 0 Å². The van der Waals surface area contributed by atoms with Crippen molar-refractivity contribution >= 4 is 12.2 Å². The van der Waals surface area contributed by atoms with Crippen molar-refractivity contribution in [3.8, 4) is 11.4 Å². The van der Waals surface area contributed by atoms with E-state index in [0.717, 1.165) is 22.1 Å². The van der Waals surface area contributed by atoms with E-state index in [0.29, 0.717) is 12.0 Å². The Balaban J connectivity index is 2.02. The molecule has 1 fully saturated rings. The number of nitrogens with zero attached hydrogens (tertiary/aromatic N) is 2. The highest BCUT2D eigenvalue weighted by Gasteiger charge is 2.29. The van der Waals surface area contributed by atoms with Crippen molar-refractivity contribution in [1.29, 1.82) is 0 Å². The molecule has 1 saturated carbocycles. The lowest BCUT2D eigenvalue weighted by molar-refractivity contribution is 0.207. The predicted octanol–water partition coefficient (Wildman–Crippen LogP) is 4.60. The van der Waals surface area contributed by atoms with Crippen LogP contribution < -0.4 is 0 Å². The maximum Gasteiger partial charge on any atom is 0.195 e. The molecule has 0 radical (unpaired) electrons. The van der Waals surface area contributed by atoms with E-state index in [9.17, 15) is 0 Å². The molecule has 1 heterocycles. The van der Waals surface area contributed by atoms with Gasteiger partial charge in [0.25, 0.3) is 0 Å². The third-order valence-corrected chi connectivity index (χ3v) is 4.74. The lowest BCUT2D eigenvalue weighted by Crippen LogP contribution is -2.25. The fraction of sp³-hybridized carbons (Fsp3) is 0.500. The van der Waals surface area contributed by atoms with Crippen LogP contribution in [0.1, 0.15) is 39.2 Å². The minimum absolute atomic E-state index is 0.465. The van der Waals surface area contributed by atoms with E-state index in [1.165, 1.54) is 19.3 Å². The normalized spacial score (nSPS) is 26.6. The Morgan fingerprint density at radius 1 is 1.20 bits per heavy atom. The Hall–Kier alpha value is -1.42. The molecule has 3 rings (SSSR count). The van der Waals surface area contributed by atoms with Crippen LogP contribution in [-0.2, 0) is 0 Å². The second kappa shape index (κ2) is 5.52. The highest BCUT2D eigenvalue weighted by atomic mass is 32.1. The van der Waals surface area contributed by atoms with Crippen LogP contribution >= 0.6 is 12.2 Å². The number of nitrogens with one attached hydrogen (secondary N) is 1. The Bertz CT molecular complexity index is 629. The van der Waals surface area contributed by atoms with Crippen LogP contribution in [0, 0.1) is 16.6 Å². The van der Waals surface area contributed by atoms with Crippen LogP contribution in [0.15, 0.2) is 30.3 Å². The van der Waals surface area contributed by atoms with Crippen molar-refractivity contribution in [2.45, 2.75) is 39.2 Å². The molecule has 0 aliphatic heterocycles. The summed E-state index contributed by atoms with van der Waals surface area (Å²) < 4.78 is 2.98. The monoisotopic (exact) mass is 287 g/mol. The van der Waals surface area contributed by atoms with Crippen LogP contribution in [0.3, 0.4) is 0 Å². The van der Waals surface area contributed by atoms with Crippen LogP contribution in [0.5, 0.6) is 0 Å². The summed E-state index contributed by atoms with van der Waals surface area (Å²) in [5.74, 6) is 2.44. The first-order valence-electron chi connectivity index (χ1n) is 7.39. The summed E-state index contributed by atoms with van der Waals surface area (Å²) in [6, 6.07) is 10.8. The first kappa shape index (κ1) is 13.6. The molecule has 0 spiro atoms. The third-order valence-electron chi connectivity index (χ3n) is 4.45. The minimum Gasteiger partial charge on any atom is -0.297 e. The van der Waals surface area contributed by atoms with Crippen molar-refractivity contribution in [3.63, 3.8) is 0 Å². The Morgan fingerprint density at radius 2 is 1.95 bits per heavy atom. The van der Waals surface area contributed by atoms with Crippen LogP contribution in [-0.4, -0.2) is 14.8 Å². The van der Waals surface area contributed by atoms with E-state index in [1.807, 2.05) is 18.2 Å². The van der Waals surface area contributed by atoms with Gasteiger partial charge in [0.2, 0.25) is 0 Å². The molecule has 1 aromatic carbocycles. The molecule has 20 heavy (non-hydrogen) atoms. The Morgan fingerprint density at radius 3 is 2.65 bits per heavy atom. The minimum atomic E-state index is 0.465. The van der Waals surface area contributed by atoms with Crippen molar-refractivity contribution in [1.82, 2.24) is 14.8 Å². The van der Waals surface area contributed by atoms with Gasteiger partial charge in [0.15, 0.2) is 10.6 Å². The highest BCUT2D eigenvalue weighted by molar-refractivity contribution is 7.71. The van der Waals surface area contributed by atoms with Crippen LogP contribution in [0.2, 0.25) is 0 Å². The number of hydrogen-bond donors (Lipinski definition) is 1. The number of H-pyrrole nitrogens is 1. The van der Waals surface area contributed by atoms with Gasteiger partial charge in [0.05, 0.1) is 0 Å². The summed E-state index contributed by atoms with van der Waals surface area (Å²) in [5, 5.41) is 7.44. The topological polar surface area (TPSA) is 33.6 Å². The van der Waals surface area contributed by atoms with Gasteiger partial charge in [-0.05, 0) is 43.3 Å². The highest BCUT2D eigenvalue weighted by Crippen LogP contribution is 2.38. The third kappa shape index (κ3) is 2.44. The second-order valence-corrected chi connectivity index (χ2v) is 6.44. The fourth-order valence-corrected chi connectivity index (χ4v) is 3.70. The molecule has 4 heteroatoms. The molecule has 1 aliphatic carbocycles. The van der Waals surface area contributed by atoms with E-state index in [4.69, 9.17) is 12.2 Å². The number of aromatic nitrogens is 3. The molecule has 3 atom stereocenters. The Kier molecular flexibility index (Phi) is 3.74. The second-order valence-electron chi connectivity index (χ2n) is 6.05. The molecule has 0 saturated heterocycles. The largest absolute Gasteiger partial charge is 0.297 e. The molecule has 3 nitrogen and oxygen atoms in total. The number of aromatic amines is 1. The standard InChI is InChI=1S/C16H21N3S/c1-11-8-9-14(12(2)10-11)19-15(17-18-16(19)20)13-6-4-3-5-7-13/h3-7,11-12,14H,8-10H2,1-2H3,(H,18,20). The first-order valence-corrected chi connectivity index (χ1v) is 7.80.